The van der Waals surface area contributed by atoms with E-state index in [4.69, 9.17) is 11.6 Å². The molecule has 1 aliphatic rings. The Kier molecular flexibility index (Phi) is 5.73. The van der Waals surface area contributed by atoms with Gasteiger partial charge in [0.25, 0.3) is 16.8 Å². The molecule has 136 valence electrons. The molecular weight excluding hydrogens is 388 g/mol. The first-order chi connectivity index (χ1) is 13.0. The summed E-state index contributed by atoms with van der Waals surface area (Å²) in [5.74, 6) is -0.396. The van der Waals surface area contributed by atoms with Crippen molar-refractivity contribution in [2.75, 3.05) is 0 Å². The number of amides is 2. The first kappa shape index (κ1) is 18.9. The van der Waals surface area contributed by atoms with Crippen LogP contribution in [-0.2, 0) is 11.3 Å². The van der Waals surface area contributed by atoms with E-state index in [0.717, 1.165) is 22.2 Å². The largest absolute Gasteiger partial charge is 0.293 e. The number of rotatable bonds is 5. The molecule has 2 aromatic carbocycles. The Labute approximate surface area is 164 Å². The minimum atomic E-state index is -0.473. The van der Waals surface area contributed by atoms with Gasteiger partial charge >= 0.3 is 0 Å². The van der Waals surface area contributed by atoms with E-state index < -0.39 is 10.8 Å². The number of para-hydroxylation sites is 1. The molecule has 1 saturated heterocycles. The van der Waals surface area contributed by atoms with Crippen LogP contribution in [-0.4, -0.2) is 21.0 Å². The Balaban J connectivity index is 1.74. The van der Waals surface area contributed by atoms with Crippen molar-refractivity contribution in [2.24, 2.45) is 0 Å². The molecule has 1 heterocycles. The van der Waals surface area contributed by atoms with Crippen LogP contribution >= 0.6 is 23.4 Å². The zero-order valence-corrected chi connectivity index (χ0v) is 15.4. The van der Waals surface area contributed by atoms with E-state index in [0.29, 0.717) is 10.6 Å². The Bertz CT molecular complexity index is 970. The van der Waals surface area contributed by atoms with Crippen LogP contribution in [0, 0.1) is 10.1 Å². The predicted molar refractivity (Wildman–Crippen MR) is 105 cm³/mol. The highest BCUT2D eigenvalue weighted by molar-refractivity contribution is 8.18. The summed E-state index contributed by atoms with van der Waals surface area (Å²) in [4.78, 5) is 36.5. The third-order valence-electron chi connectivity index (χ3n) is 3.78. The van der Waals surface area contributed by atoms with Gasteiger partial charge in [-0.05, 0) is 47.7 Å². The second-order valence-electron chi connectivity index (χ2n) is 5.59. The second-order valence-corrected chi connectivity index (χ2v) is 7.02. The van der Waals surface area contributed by atoms with Gasteiger partial charge in [-0.15, -0.1) is 0 Å². The van der Waals surface area contributed by atoms with Crippen molar-refractivity contribution < 1.29 is 14.5 Å². The summed E-state index contributed by atoms with van der Waals surface area (Å²) in [6.07, 6.45) is 4.55. The molecular formula is C19H13ClN2O4S. The minimum Gasteiger partial charge on any atom is -0.268 e. The topological polar surface area (TPSA) is 80.5 Å². The van der Waals surface area contributed by atoms with Crippen LogP contribution in [0.15, 0.2) is 65.6 Å². The van der Waals surface area contributed by atoms with Gasteiger partial charge in [0.05, 0.1) is 21.9 Å². The number of thioether (sulfide) groups is 1. The van der Waals surface area contributed by atoms with E-state index in [2.05, 4.69) is 0 Å². The molecule has 27 heavy (non-hydrogen) atoms. The summed E-state index contributed by atoms with van der Waals surface area (Å²) >= 11 is 6.67. The first-order valence-corrected chi connectivity index (χ1v) is 9.05. The van der Waals surface area contributed by atoms with Gasteiger partial charge in [0.2, 0.25) is 0 Å². The van der Waals surface area contributed by atoms with Crippen LogP contribution in [0.1, 0.15) is 11.1 Å². The Morgan fingerprint density at radius 3 is 2.52 bits per heavy atom. The smallest absolute Gasteiger partial charge is 0.268 e. The molecule has 0 aromatic heterocycles. The number of nitro groups is 1. The van der Waals surface area contributed by atoms with Crippen LogP contribution in [0.5, 0.6) is 0 Å². The standard InChI is InChI=1S/C19H13ClN2O4S/c20-15-10-8-13(9-11-15)12-21-18(23)17(27-19(21)24)7-3-5-14-4-1-2-6-16(14)22(25)26/h1-11H,12H2/b5-3+,17-7-. The van der Waals surface area contributed by atoms with Crippen molar-refractivity contribution >= 4 is 46.3 Å². The van der Waals surface area contributed by atoms with Gasteiger partial charge < -0.3 is 0 Å². The number of carbonyl (C=O) groups excluding carboxylic acids is 2. The molecule has 8 heteroatoms. The molecule has 1 aliphatic heterocycles. The van der Waals surface area contributed by atoms with E-state index >= 15 is 0 Å². The van der Waals surface area contributed by atoms with Crippen molar-refractivity contribution in [1.29, 1.82) is 0 Å². The third kappa shape index (κ3) is 4.45. The van der Waals surface area contributed by atoms with Crippen LogP contribution in [0.4, 0.5) is 10.5 Å². The van der Waals surface area contributed by atoms with E-state index in [1.165, 1.54) is 24.3 Å². The summed E-state index contributed by atoms with van der Waals surface area (Å²) in [5, 5.41) is 11.2. The lowest BCUT2D eigenvalue weighted by Crippen LogP contribution is -2.27. The molecule has 0 N–H and O–H groups in total. The van der Waals surface area contributed by atoms with Crippen LogP contribution in [0.25, 0.3) is 6.08 Å². The normalized spacial score (nSPS) is 15.9. The summed E-state index contributed by atoms with van der Waals surface area (Å²) in [6.45, 7) is 0.160. The van der Waals surface area contributed by atoms with Crippen molar-refractivity contribution in [1.82, 2.24) is 4.90 Å². The maximum atomic E-state index is 12.5. The predicted octanol–water partition coefficient (Wildman–Crippen LogP) is 5.04. The molecule has 0 unspecified atom stereocenters. The monoisotopic (exact) mass is 400 g/mol. The molecule has 3 rings (SSSR count). The fourth-order valence-corrected chi connectivity index (χ4v) is 3.37. The first-order valence-electron chi connectivity index (χ1n) is 7.85. The van der Waals surface area contributed by atoms with Gasteiger partial charge in [0, 0.05) is 11.1 Å². The molecule has 0 radical (unpaired) electrons. The van der Waals surface area contributed by atoms with Gasteiger partial charge in [-0.2, -0.15) is 0 Å². The molecule has 2 aromatic rings. The summed E-state index contributed by atoms with van der Waals surface area (Å²) in [7, 11) is 0. The minimum absolute atomic E-state index is 0.0296. The van der Waals surface area contributed by atoms with Crippen molar-refractivity contribution in [2.45, 2.75) is 6.54 Å². The Morgan fingerprint density at radius 2 is 1.81 bits per heavy atom. The lowest BCUT2D eigenvalue weighted by molar-refractivity contribution is -0.385. The van der Waals surface area contributed by atoms with Crippen molar-refractivity contribution in [3.63, 3.8) is 0 Å². The van der Waals surface area contributed by atoms with Gasteiger partial charge in [0.1, 0.15) is 0 Å². The van der Waals surface area contributed by atoms with Crippen LogP contribution < -0.4 is 0 Å². The Hall–Kier alpha value is -2.90. The number of carbonyl (C=O) groups is 2. The SMILES string of the molecule is O=C1S/C(=C\C=C\c2ccccc2[N+](=O)[O-])C(=O)N1Cc1ccc(Cl)cc1. The molecule has 1 fully saturated rings. The molecule has 0 atom stereocenters. The number of nitrogens with zero attached hydrogens (tertiary/aromatic N) is 2. The molecule has 0 spiro atoms. The summed E-state index contributed by atoms with van der Waals surface area (Å²) < 4.78 is 0. The Morgan fingerprint density at radius 1 is 1.11 bits per heavy atom. The number of hydrogen-bond donors (Lipinski definition) is 0. The number of allylic oxidation sites excluding steroid dienone is 2. The second kappa shape index (κ2) is 8.20. The zero-order chi connectivity index (χ0) is 19.4. The lowest BCUT2D eigenvalue weighted by Gasteiger charge is -2.12. The summed E-state index contributed by atoms with van der Waals surface area (Å²) in [6, 6.07) is 13.2. The van der Waals surface area contributed by atoms with Crippen molar-refractivity contribution in [3.05, 3.63) is 91.9 Å². The quantitative estimate of drug-likeness (QED) is 0.399. The van der Waals surface area contributed by atoms with E-state index in [-0.39, 0.29) is 22.4 Å². The average molecular weight is 401 g/mol. The number of imide groups is 1. The van der Waals surface area contributed by atoms with Gasteiger partial charge in [0.15, 0.2) is 0 Å². The maximum Gasteiger partial charge on any atom is 0.293 e. The van der Waals surface area contributed by atoms with E-state index in [9.17, 15) is 19.7 Å². The highest BCUT2D eigenvalue weighted by Gasteiger charge is 2.34. The maximum absolute atomic E-state index is 12.5. The molecule has 0 saturated carbocycles. The number of halogens is 1. The highest BCUT2D eigenvalue weighted by Crippen LogP contribution is 2.32. The fraction of sp³-hybridized carbons (Fsp3) is 0.0526. The van der Waals surface area contributed by atoms with Gasteiger partial charge in [-0.1, -0.05) is 41.9 Å². The molecule has 6 nitrogen and oxygen atoms in total. The lowest BCUT2D eigenvalue weighted by atomic mass is 10.1. The van der Waals surface area contributed by atoms with E-state index in [1.54, 1.807) is 42.5 Å². The number of benzene rings is 2. The molecule has 2 amide bonds. The molecule has 0 bridgehead atoms. The van der Waals surface area contributed by atoms with Crippen LogP contribution in [0.2, 0.25) is 5.02 Å². The molecule has 0 aliphatic carbocycles. The van der Waals surface area contributed by atoms with Gasteiger partial charge in [-0.3, -0.25) is 24.6 Å². The van der Waals surface area contributed by atoms with E-state index in [1.807, 2.05) is 0 Å². The third-order valence-corrected chi connectivity index (χ3v) is 4.96. The number of hydrogen-bond acceptors (Lipinski definition) is 5. The summed E-state index contributed by atoms with van der Waals surface area (Å²) in [5.41, 5.74) is 1.18. The highest BCUT2D eigenvalue weighted by atomic mass is 35.5. The van der Waals surface area contributed by atoms with Crippen LogP contribution in [0.3, 0.4) is 0 Å². The zero-order valence-electron chi connectivity index (χ0n) is 13.9. The number of nitro benzene ring substituents is 1. The average Bonchev–Trinajstić information content (AvgIpc) is 2.91. The van der Waals surface area contributed by atoms with Crippen molar-refractivity contribution in [3.8, 4) is 0 Å². The van der Waals surface area contributed by atoms with Gasteiger partial charge in [-0.25, -0.2) is 0 Å². The fourth-order valence-electron chi connectivity index (χ4n) is 2.46.